The summed E-state index contributed by atoms with van der Waals surface area (Å²) in [5.41, 5.74) is 2.13. The summed E-state index contributed by atoms with van der Waals surface area (Å²) >= 11 is 0. The predicted octanol–water partition coefficient (Wildman–Crippen LogP) is 3.35. The van der Waals surface area contributed by atoms with Gasteiger partial charge in [0, 0.05) is 17.6 Å². The van der Waals surface area contributed by atoms with Gasteiger partial charge in [-0.15, -0.1) is 0 Å². The number of rotatable bonds is 4. The van der Waals surface area contributed by atoms with Crippen LogP contribution in [0.3, 0.4) is 0 Å². The van der Waals surface area contributed by atoms with Crippen molar-refractivity contribution < 1.29 is 9.53 Å². The van der Waals surface area contributed by atoms with E-state index in [-0.39, 0.29) is 11.5 Å². The Bertz CT molecular complexity index is 363. The summed E-state index contributed by atoms with van der Waals surface area (Å²) in [5, 5.41) is 3.38. The normalized spacial score (nSPS) is 11.1. The third-order valence-electron chi connectivity index (χ3n) is 2.16. The number of nitrogens with one attached hydrogen (secondary N) is 1. The molecule has 17 heavy (non-hydrogen) atoms. The largest absolute Gasteiger partial charge is 0.461 e. The van der Waals surface area contributed by atoms with E-state index in [1.165, 1.54) is 0 Å². The van der Waals surface area contributed by atoms with Gasteiger partial charge < -0.3 is 10.1 Å². The van der Waals surface area contributed by atoms with Crippen molar-refractivity contribution in [2.45, 2.75) is 46.3 Å². The summed E-state index contributed by atoms with van der Waals surface area (Å²) in [6.07, 6.45) is 0.420. The second-order valence-electron chi connectivity index (χ2n) is 5.09. The highest BCUT2D eigenvalue weighted by molar-refractivity contribution is 5.68. The molecule has 1 aromatic carbocycles. The van der Waals surface area contributed by atoms with E-state index in [1.54, 1.807) is 6.92 Å². The molecule has 0 unspecified atom stereocenters. The van der Waals surface area contributed by atoms with Gasteiger partial charge in [0.15, 0.2) is 0 Å². The van der Waals surface area contributed by atoms with E-state index in [0.717, 1.165) is 11.3 Å². The molecule has 0 spiro atoms. The van der Waals surface area contributed by atoms with Crippen LogP contribution in [-0.2, 0) is 16.1 Å². The van der Waals surface area contributed by atoms with Crippen molar-refractivity contribution in [2.24, 2.45) is 0 Å². The number of esters is 1. The third kappa shape index (κ3) is 5.38. The molecule has 0 aromatic heterocycles. The fourth-order valence-electron chi connectivity index (χ4n) is 1.38. The quantitative estimate of drug-likeness (QED) is 0.813. The van der Waals surface area contributed by atoms with E-state index in [9.17, 15) is 4.79 Å². The lowest BCUT2D eigenvalue weighted by atomic mass is 10.1. The Morgan fingerprint density at radius 3 is 2.29 bits per heavy atom. The van der Waals surface area contributed by atoms with E-state index in [4.69, 9.17) is 4.74 Å². The van der Waals surface area contributed by atoms with Gasteiger partial charge in [0.1, 0.15) is 6.61 Å². The number of carbonyl (C=O) groups excluding carboxylic acids is 1. The maximum absolute atomic E-state index is 11.0. The lowest BCUT2D eigenvalue weighted by Gasteiger charge is -2.22. The lowest BCUT2D eigenvalue weighted by Crippen LogP contribution is -2.25. The van der Waals surface area contributed by atoms with Crippen LogP contribution in [0.15, 0.2) is 24.3 Å². The molecule has 3 nitrogen and oxygen atoms in total. The second-order valence-corrected chi connectivity index (χ2v) is 5.09. The van der Waals surface area contributed by atoms with Crippen molar-refractivity contribution in [3.05, 3.63) is 29.8 Å². The number of benzene rings is 1. The van der Waals surface area contributed by atoms with Gasteiger partial charge in [-0.1, -0.05) is 19.1 Å². The van der Waals surface area contributed by atoms with E-state index < -0.39 is 0 Å². The highest BCUT2D eigenvalue weighted by Gasteiger charge is 2.08. The van der Waals surface area contributed by atoms with Gasteiger partial charge in [-0.25, -0.2) is 0 Å². The first-order valence-corrected chi connectivity index (χ1v) is 5.93. The van der Waals surface area contributed by atoms with E-state index >= 15 is 0 Å². The molecular weight excluding hydrogens is 214 g/mol. The zero-order valence-electron chi connectivity index (χ0n) is 11.0. The maximum atomic E-state index is 11.0. The fraction of sp³-hybridized carbons (Fsp3) is 0.500. The minimum absolute atomic E-state index is 0.0518. The van der Waals surface area contributed by atoms with Crippen molar-refractivity contribution in [3.8, 4) is 0 Å². The standard InChI is InChI=1S/C14H21NO2/c1-5-13(16)17-10-11-6-8-12(9-7-11)15-14(2,3)4/h6-9,15H,5,10H2,1-4H3. The van der Waals surface area contributed by atoms with Gasteiger partial charge in [0.2, 0.25) is 0 Å². The average molecular weight is 235 g/mol. The topological polar surface area (TPSA) is 38.3 Å². The number of anilines is 1. The Labute approximate surface area is 103 Å². The Kier molecular flexibility index (Phi) is 4.55. The molecule has 3 heteroatoms. The highest BCUT2D eigenvalue weighted by atomic mass is 16.5. The smallest absolute Gasteiger partial charge is 0.305 e. The summed E-state index contributed by atoms with van der Waals surface area (Å²) in [5.74, 6) is -0.165. The minimum atomic E-state index is -0.165. The van der Waals surface area contributed by atoms with Crippen LogP contribution in [0.5, 0.6) is 0 Å². The molecular formula is C14H21NO2. The number of carbonyl (C=O) groups is 1. The summed E-state index contributed by atoms with van der Waals surface area (Å²) < 4.78 is 5.06. The fourth-order valence-corrected chi connectivity index (χ4v) is 1.38. The highest BCUT2D eigenvalue weighted by Crippen LogP contribution is 2.15. The monoisotopic (exact) mass is 235 g/mol. The third-order valence-corrected chi connectivity index (χ3v) is 2.16. The van der Waals surface area contributed by atoms with Crippen LogP contribution in [0.2, 0.25) is 0 Å². The summed E-state index contributed by atoms with van der Waals surface area (Å²) in [6, 6.07) is 7.94. The molecule has 0 aliphatic rings. The molecule has 0 fully saturated rings. The summed E-state index contributed by atoms with van der Waals surface area (Å²) in [4.78, 5) is 11.0. The van der Waals surface area contributed by atoms with Crippen LogP contribution < -0.4 is 5.32 Å². The molecule has 94 valence electrons. The molecule has 0 amide bonds. The van der Waals surface area contributed by atoms with Crippen LogP contribution in [0, 0.1) is 0 Å². The van der Waals surface area contributed by atoms with Crippen molar-refractivity contribution in [1.29, 1.82) is 0 Å². The zero-order valence-corrected chi connectivity index (χ0v) is 11.0. The van der Waals surface area contributed by atoms with Crippen LogP contribution >= 0.6 is 0 Å². The molecule has 1 N–H and O–H groups in total. The van der Waals surface area contributed by atoms with Crippen LogP contribution in [0.4, 0.5) is 5.69 Å². The molecule has 0 saturated carbocycles. The molecule has 0 atom stereocenters. The zero-order chi connectivity index (χ0) is 12.9. The van der Waals surface area contributed by atoms with Crippen molar-refractivity contribution >= 4 is 11.7 Å². The van der Waals surface area contributed by atoms with Crippen molar-refractivity contribution in [1.82, 2.24) is 0 Å². The van der Waals surface area contributed by atoms with E-state index in [0.29, 0.717) is 13.0 Å². The molecule has 0 aliphatic carbocycles. The van der Waals surface area contributed by atoms with Crippen LogP contribution in [0.1, 0.15) is 39.7 Å². The van der Waals surface area contributed by atoms with E-state index in [2.05, 4.69) is 26.1 Å². The maximum Gasteiger partial charge on any atom is 0.305 e. The predicted molar refractivity (Wildman–Crippen MR) is 69.9 cm³/mol. The first-order chi connectivity index (χ1) is 7.90. The molecule has 0 heterocycles. The Morgan fingerprint density at radius 2 is 1.82 bits per heavy atom. The SMILES string of the molecule is CCC(=O)OCc1ccc(NC(C)(C)C)cc1. The molecule has 0 saturated heterocycles. The minimum Gasteiger partial charge on any atom is -0.461 e. The van der Waals surface area contributed by atoms with Crippen molar-refractivity contribution in [2.75, 3.05) is 5.32 Å². The van der Waals surface area contributed by atoms with Gasteiger partial charge in [0.05, 0.1) is 0 Å². The first kappa shape index (κ1) is 13.6. The first-order valence-electron chi connectivity index (χ1n) is 5.93. The summed E-state index contributed by atoms with van der Waals surface area (Å²) in [7, 11) is 0. The summed E-state index contributed by atoms with van der Waals surface area (Å²) in [6.45, 7) is 8.49. The molecule has 0 radical (unpaired) electrons. The second kappa shape index (κ2) is 5.71. The molecule has 1 aromatic rings. The number of hydrogen-bond acceptors (Lipinski definition) is 3. The Morgan fingerprint density at radius 1 is 1.24 bits per heavy atom. The Hall–Kier alpha value is -1.51. The number of hydrogen-bond donors (Lipinski definition) is 1. The van der Waals surface area contributed by atoms with Gasteiger partial charge in [0.25, 0.3) is 0 Å². The number of ether oxygens (including phenoxy) is 1. The molecule has 0 aliphatic heterocycles. The van der Waals surface area contributed by atoms with Gasteiger partial charge >= 0.3 is 5.97 Å². The Balaban J connectivity index is 2.53. The van der Waals surface area contributed by atoms with Gasteiger partial charge in [-0.2, -0.15) is 0 Å². The van der Waals surface area contributed by atoms with Gasteiger partial charge in [-0.3, -0.25) is 4.79 Å². The lowest BCUT2D eigenvalue weighted by molar-refractivity contribution is -0.144. The average Bonchev–Trinajstić information content (AvgIpc) is 2.25. The molecule has 1 rings (SSSR count). The van der Waals surface area contributed by atoms with Crippen LogP contribution in [-0.4, -0.2) is 11.5 Å². The van der Waals surface area contributed by atoms with Gasteiger partial charge in [-0.05, 0) is 38.5 Å². The van der Waals surface area contributed by atoms with Crippen molar-refractivity contribution in [3.63, 3.8) is 0 Å². The van der Waals surface area contributed by atoms with Crippen LogP contribution in [0.25, 0.3) is 0 Å². The molecule has 0 bridgehead atoms. The van der Waals surface area contributed by atoms with E-state index in [1.807, 2.05) is 24.3 Å².